The Morgan fingerprint density at radius 1 is 0.971 bits per heavy atom. The van der Waals surface area contributed by atoms with Crippen LogP contribution in [0, 0.1) is 6.92 Å². The van der Waals surface area contributed by atoms with E-state index < -0.39 is 10.0 Å². The molecular formula is C25H29N5O3S. The highest BCUT2D eigenvalue weighted by molar-refractivity contribution is 7.92. The van der Waals surface area contributed by atoms with Crippen molar-refractivity contribution in [1.29, 1.82) is 0 Å². The minimum absolute atomic E-state index is 0.111. The molecule has 3 aromatic rings. The molecule has 0 radical (unpaired) electrons. The molecule has 1 aromatic carbocycles. The van der Waals surface area contributed by atoms with Crippen LogP contribution in [0.4, 0.5) is 0 Å². The second-order valence-electron chi connectivity index (χ2n) is 8.92. The summed E-state index contributed by atoms with van der Waals surface area (Å²) in [5.74, 6) is 0.890. The topological polar surface area (TPSA) is 88.4 Å². The third-order valence-corrected chi connectivity index (χ3v) is 8.11. The fourth-order valence-corrected chi connectivity index (χ4v) is 5.88. The number of amides is 1. The normalized spacial score (nSPS) is 17.7. The molecule has 5 rings (SSSR count). The Morgan fingerprint density at radius 2 is 1.74 bits per heavy atom. The van der Waals surface area contributed by atoms with Crippen molar-refractivity contribution in [3.63, 3.8) is 0 Å². The minimum Gasteiger partial charge on any atom is -0.336 e. The van der Waals surface area contributed by atoms with Crippen LogP contribution in [-0.4, -0.2) is 64.2 Å². The van der Waals surface area contributed by atoms with E-state index in [1.54, 1.807) is 11.0 Å². The van der Waals surface area contributed by atoms with Gasteiger partial charge >= 0.3 is 0 Å². The lowest BCUT2D eigenvalue weighted by atomic mass is 10.1. The maximum absolute atomic E-state index is 13.5. The van der Waals surface area contributed by atoms with Gasteiger partial charge in [0.15, 0.2) is 5.65 Å². The first-order valence-electron chi connectivity index (χ1n) is 11.8. The Labute approximate surface area is 200 Å². The molecule has 0 saturated carbocycles. The first-order valence-corrected chi connectivity index (χ1v) is 13.3. The highest BCUT2D eigenvalue weighted by atomic mass is 32.2. The Hall–Kier alpha value is -3.04. The summed E-state index contributed by atoms with van der Waals surface area (Å²) in [6, 6.07) is 11.1. The van der Waals surface area contributed by atoms with Crippen LogP contribution >= 0.6 is 0 Å². The Morgan fingerprint density at radius 3 is 2.50 bits per heavy atom. The number of hydrogen-bond acceptors (Lipinski definition) is 5. The maximum atomic E-state index is 13.5. The lowest BCUT2D eigenvalue weighted by Crippen LogP contribution is -2.50. The number of benzene rings is 1. The molecule has 178 valence electrons. The zero-order valence-corrected chi connectivity index (χ0v) is 20.2. The van der Waals surface area contributed by atoms with Crippen molar-refractivity contribution in [1.82, 2.24) is 23.7 Å². The zero-order chi connectivity index (χ0) is 23.7. The number of piperazine rings is 1. The van der Waals surface area contributed by atoms with Crippen LogP contribution < -0.4 is 0 Å². The predicted octanol–water partition coefficient (Wildman–Crippen LogP) is 3.22. The van der Waals surface area contributed by atoms with Crippen molar-refractivity contribution in [2.24, 2.45) is 0 Å². The lowest BCUT2D eigenvalue weighted by molar-refractivity contribution is 0.0700. The van der Waals surface area contributed by atoms with Crippen LogP contribution in [0.2, 0.25) is 0 Å². The zero-order valence-electron chi connectivity index (χ0n) is 19.4. The van der Waals surface area contributed by atoms with Crippen LogP contribution in [0.15, 0.2) is 41.8 Å². The van der Waals surface area contributed by atoms with Gasteiger partial charge in [0.05, 0.1) is 5.56 Å². The van der Waals surface area contributed by atoms with Gasteiger partial charge in [-0.15, -0.1) is 0 Å². The number of hydrogen-bond donors (Lipinski definition) is 0. The number of carbonyl (C=O) groups is 1. The van der Waals surface area contributed by atoms with Crippen molar-refractivity contribution < 1.29 is 13.2 Å². The summed E-state index contributed by atoms with van der Waals surface area (Å²) in [5.41, 5.74) is 3.62. The molecule has 0 atom stereocenters. The van der Waals surface area contributed by atoms with Gasteiger partial charge in [-0.2, -0.15) is 4.31 Å². The number of nitrogens with zero attached hydrogens (tertiary/aromatic N) is 5. The van der Waals surface area contributed by atoms with Crippen molar-refractivity contribution >= 4 is 33.2 Å². The molecule has 0 spiro atoms. The second kappa shape index (κ2) is 9.31. The number of rotatable bonds is 4. The summed E-state index contributed by atoms with van der Waals surface area (Å²) < 4.78 is 29.2. The second-order valence-corrected chi connectivity index (χ2v) is 10.7. The molecule has 0 unspecified atom stereocenters. The number of imidazole rings is 1. The van der Waals surface area contributed by atoms with E-state index in [4.69, 9.17) is 9.97 Å². The Kier molecular flexibility index (Phi) is 6.22. The average molecular weight is 480 g/mol. The molecule has 1 fully saturated rings. The molecule has 2 aromatic heterocycles. The third kappa shape index (κ3) is 4.50. The van der Waals surface area contributed by atoms with Crippen LogP contribution in [0.1, 0.15) is 46.7 Å². The standard InChI is InChI=1S/C25H29N5O3S/c1-19-18-21(23-24(26-19)30-12-7-3-6-10-22(30)27-23)25(31)28-13-15-29(16-14-28)34(32,33)17-11-20-8-4-2-5-9-20/h2,4-5,8-9,11,17-18H,3,6-7,10,12-16H2,1H3. The SMILES string of the molecule is Cc1cc(C(=O)N2CCN(S(=O)(=O)C=Cc3ccccc3)CC2)c2nc3n(c2n1)CCCCC3. The number of fused-ring (bicyclic) bond motifs is 3. The van der Waals surface area contributed by atoms with Gasteiger partial charge < -0.3 is 9.47 Å². The molecule has 4 heterocycles. The molecule has 0 N–H and O–H groups in total. The van der Waals surface area contributed by atoms with Crippen LogP contribution in [0.3, 0.4) is 0 Å². The number of carbonyl (C=O) groups excluding carboxylic acids is 1. The highest BCUT2D eigenvalue weighted by Crippen LogP contribution is 2.25. The number of sulfonamides is 1. The summed E-state index contributed by atoms with van der Waals surface area (Å²) in [6.45, 7) is 3.99. The van der Waals surface area contributed by atoms with Gasteiger partial charge in [0.25, 0.3) is 5.91 Å². The van der Waals surface area contributed by atoms with Crippen molar-refractivity contribution in [2.45, 2.75) is 39.2 Å². The largest absolute Gasteiger partial charge is 0.336 e. The lowest BCUT2D eigenvalue weighted by Gasteiger charge is -2.33. The molecule has 0 bridgehead atoms. The van der Waals surface area contributed by atoms with E-state index in [0.29, 0.717) is 24.2 Å². The number of aryl methyl sites for hydroxylation is 3. The molecule has 1 saturated heterocycles. The molecule has 2 aliphatic heterocycles. The van der Waals surface area contributed by atoms with E-state index in [0.717, 1.165) is 48.5 Å². The molecule has 34 heavy (non-hydrogen) atoms. The molecule has 8 nitrogen and oxygen atoms in total. The van der Waals surface area contributed by atoms with Crippen LogP contribution in [0.25, 0.3) is 17.2 Å². The van der Waals surface area contributed by atoms with E-state index in [2.05, 4.69) is 4.57 Å². The van der Waals surface area contributed by atoms with E-state index in [9.17, 15) is 13.2 Å². The van der Waals surface area contributed by atoms with E-state index in [1.165, 1.54) is 16.1 Å². The summed E-state index contributed by atoms with van der Waals surface area (Å²) in [6.07, 6.45) is 5.87. The number of pyridine rings is 1. The van der Waals surface area contributed by atoms with Gasteiger partial charge in [-0.3, -0.25) is 4.79 Å². The van der Waals surface area contributed by atoms with Crippen molar-refractivity contribution in [2.75, 3.05) is 26.2 Å². The van der Waals surface area contributed by atoms with Crippen molar-refractivity contribution in [3.05, 3.63) is 64.5 Å². The van der Waals surface area contributed by atoms with Gasteiger partial charge in [-0.1, -0.05) is 36.8 Å². The van der Waals surface area contributed by atoms with E-state index in [-0.39, 0.29) is 19.0 Å². The summed E-state index contributed by atoms with van der Waals surface area (Å²) in [4.78, 5) is 24.7. The minimum atomic E-state index is -3.55. The Balaban J connectivity index is 1.33. The molecular weight excluding hydrogens is 450 g/mol. The Bertz CT molecular complexity index is 1340. The highest BCUT2D eigenvalue weighted by Gasteiger charge is 2.30. The van der Waals surface area contributed by atoms with E-state index in [1.807, 2.05) is 43.3 Å². The summed E-state index contributed by atoms with van der Waals surface area (Å²) >= 11 is 0. The molecule has 2 aliphatic rings. The third-order valence-electron chi connectivity index (χ3n) is 6.54. The van der Waals surface area contributed by atoms with Crippen LogP contribution in [-0.2, 0) is 23.0 Å². The molecule has 1 amide bonds. The monoisotopic (exact) mass is 479 g/mol. The average Bonchev–Trinajstić information content (AvgIpc) is 3.03. The first kappa shape index (κ1) is 22.7. The fourth-order valence-electron chi connectivity index (χ4n) is 4.71. The van der Waals surface area contributed by atoms with Gasteiger partial charge in [0.2, 0.25) is 10.0 Å². The fraction of sp³-hybridized carbons (Fsp3) is 0.400. The molecule has 0 aliphatic carbocycles. The maximum Gasteiger partial charge on any atom is 0.256 e. The predicted molar refractivity (Wildman–Crippen MR) is 132 cm³/mol. The molecule has 9 heteroatoms. The summed E-state index contributed by atoms with van der Waals surface area (Å²) in [5, 5.41) is 1.24. The van der Waals surface area contributed by atoms with Crippen LogP contribution in [0.5, 0.6) is 0 Å². The first-order chi connectivity index (χ1) is 16.4. The van der Waals surface area contributed by atoms with Gasteiger partial charge in [-0.25, -0.2) is 18.4 Å². The quantitative estimate of drug-likeness (QED) is 0.573. The van der Waals surface area contributed by atoms with E-state index >= 15 is 0 Å². The van der Waals surface area contributed by atoms with Gasteiger partial charge in [0.1, 0.15) is 11.3 Å². The summed E-state index contributed by atoms with van der Waals surface area (Å²) in [7, 11) is -3.55. The van der Waals surface area contributed by atoms with Gasteiger partial charge in [0, 0.05) is 50.2 Å². The van der Waals surface area contributed by atoms with Gasteiger partial charge in [-0.05, 0) is 37.5 Å². The van der Waals surface area contributed by atoms with Crippen molar-refractivity contribution in [3.8, 4) is 0 Å². The number of aromatic nitrogens is 3. The smallest absolute Gasteiger partial charge is 0.256 e.